The average Bonchev–Trinajstić information content (AvgIpc) is 3.11. The number of hydrogen-bond acceptors (Lipinski definition) is 15. The lowest BCUT2D eigenvalue weighted by molar-refractivity contribution is 0.158. The maximum atomic E-state index is 12.4. The van der Waals surface area contributed by atoms with Gasteiger partial charge in [0.05, 0.1) is 29.7 Å². The number of nitrogens with zero attached hydrogens (tertiary/aromatic N) is 2. The van der Waals surface area contributed by atoms with Gasteiger partial charge in [0.25, 0.3) is 0 Å². The summed E-state index contributed by atoms with van der Waals surface area (Å²) >= 11 is 25.0. The Morgan fingerprint density at radius 1 is 0.804 bits per heavy atom. The van der Waals surface area contributed by atoms with E-state index in [-0.39, 0.29) is 24.0 Å². The minimum atomic E-state index is -3.30. The Morgan fingerprint density at radius 3 is 1.53 bits per heavy atom. The van der Waals surface area contributed by atoms with E-state index in [1.807, 2.05) is 32.9 Å². The molecule has 0 fully saturated rings. The second-order valence-corrected chi connectivity index (χ2v) is 20.3. The molecular weight excluding hydrogens is 815 g/mol. The highest BCUT2D eigenvalue weighted by molar-refractivity contribution is 8.25. The first kappa shape index (κ1) is 60.5. The van der Waals surface area contributed by atoms with Crippen LogP contribution >= 0.6 is 87.2 Å². The quantitative estimate of drug-likeness (QED) is 0.0545. The van der Waals surface area contributed by atoms with Gasteiger partial charge in [0, 0.05) is 47.7 Å². The van der Waals surface area contributed by atoms with Crippen LogP contribution in [-0.4, -0.2) is 71.9 Å². The van der Waals surface area contributed by atoms with Crippen LogP contribution in [0.25, 0.3) is 0 Å². The first-order chi connectivity index (χ1) is 23.8. The fourth-order valence-corrected chi connectivity index (χ4v) is 8.44. The van der Waals surface area contributed by atoms with Crippen LogP contribution in [0.4, 0.5) is 0 Å². The van der Waals surface area contributed by atoms with E-state index in [1.54, 1.807) is 0 Å². The number of thiol groups is 1. The van der Waals surface area contributed by atoms with Gasteiger partial charge in [0.15, 0.2) is 5.05 Å². The molecule has 2 N–H and O–H groups in total. The largest absolute Gasteiger partial charge is 0.484 e. The van der Waals surface area contributed by atoms with Crippen molar-refractivity contribution in [2.24, 2.45) is 17.6 Å². The standard InChI is InChI=1S/C12H22NO4PS2.C10H20OS.C6H12NO3PS.C3H9N.CH2Cl2/c1-9(2)10(3)17-12(19)20-11(7-6-8-13)18(14,15-4)16-5;1-5-6-7-10(12)11-9(4)8(2)3;1-9-11(8,10-2)6(12)4-3-5-7;1-2-3-4;2-1-3/h9-11H,6-7H2,1-5H3;8-9H,5-7H2,1-4H3;6,12H,3-4H2,1-2H3;2-4H2,1H3;1H2. The number of hydrogen-bond donors (Lipinski definition) is 2. The average molecular weight is 881 g/mol. The molecule has 0 saturated heterocycles. The predicted octanol–water partition coefficient (Wildman–Crippen LogP) is 11.6. The molecule has 304 valence electrons. The summed E-state index contributed by atoms with van der Waals surface area (Å²) in [6.45, 7) is 17.4. The zero-order chi connectivity index (χ0) is 41.1. The molecule has 0 aromatic carbocycles. The molecule has 0 bridgehead atoms. The number of unbranched alkanes of at least 4 members (excludes halogenated alkanes) is 1. The number of rotatable bonds is 19. The van der Waals surface area contributed by atoms with Crippen LogP contribution in [0.5, 0.6) is 0 Å². The molecule has 0 rings (SSSR count). The lowest BCUT2D eigenvalue weighted by atomic mass is 10.1. The maximum Gasteiger partial charge on any atom is 0.343 e. The normalized spacial score (nSPS) is 13.0. The number of ether oxygens (including phenoxy) is 2. The second-order valence-electron chi connectivity index (χ2n) is 11.0. The summed E-state index contributed by atoms with van der Waals surface area (Å²) in [6, 6.07) is 3.96. The van der Waals surface area contributed by atoms with Gasteiger partial charge < -0.3 is 33.3 Å². The monoisotopic (exact) mass is 879 g/mol. The zero-order valence-electron chi connectivity index (χ0n) is 32.6. The lowest BCUT2D eigenvalue weighted by Crippen LogP contribution is -2.19. The first-order valence-corrected chi connectivity index (χ1v) is 23.0. The Labute approximate surface area is 340 Å². The predicted molar refractivity (Wildman–Crippen MR) is 229 cm³/mol. The van der Waals surface area contributed by atoms with Gasteiger partial charge in [-0.3, -0.25) is 9.13 Å². The molecule has 0 aromatic heterocycles. The molecule has 0 aliphatic heterocycles. The van der Waals surface area contributed by atoms with Crippen molar-refractivity contribution in [2.75, 3.05) is 40.3 Å². The molecular formula is C32H65Cl2N3O8P2S4. The van der Waals surface area contributed by atoms with Gasteiger partial charge >= 0.3 is 15.2 Å². The van der Waals surface area contributed by atoms with Crippen LogP contribution in [0.2, 0.25) is 0 Å². The van der Waals surface area contributed by atoms with Crippen molar-refractivity contribution in [1.29, 1.82) is 10.5 Å². The topological polar surface area (TPSA) is 163 Å². The van der Waals surface area contributed by atoms with Gasteiger partial charge in [0.2, 0.25) is 4.38 Å². The van der Waals surface area contributed by atoms with E-state index < -0.39 is 25.2 Å². The van der Waals surface area contributed by atoms with Crippen molar-refractivity contribution in [3.63, 3.8) is 0 Å². The number of alkyl halides is 2. The molecule has 11 nitrogen and oxygen atoms in total. The second kappa shape index (κ2) is 40.0. The Hall–Kier alpha value is 0.300. The summed E-state index contributed by atoms with van der Waals surface area (Å²) in [5, 5.41) is 17.9. The summed E-state index contributed by atoms with van der Waals surface area (Å²) in [5.74, 6) is 0.868. The highest BCUT2D eigenvalue weighted by atomic mass is 35.5. The minimum absolute atomic E-state index is 0.0314. The maximum absolute atomic E-state index is 12.4. The number of nitrogens with two attached hydrogens (primary N) is 1. The van der Waals surface area contributed by atoms with Gasteiger partial charge in [-0.15, -0.1) is 23.2 Å². The summed E-state index contributed by atoms with van der Waals surface area (Å²) in [5.41, 5.74) is 5.03. The number of thioether (sulfide) groups is 1. The SMILES string of the molecule is CCCCC(=S)OC(C)C(C)C.CCCN.COP(=O)(OC)C(CCC#N)SC(=S)OC(C)C(C)C.COP(=O)(OC)C(S)CCC#N.ClCCl. The molecule has 51 heavy (non-hydrogen) atoms. The lowest BCUT2D eigenvalue weighted by Gasteiger charge is -2.25. The van der Waals surface area contributed by atoms with Crippen LogP contribution in [0.1, 0.15) is 107 Å². The molecule has 0 radical (unpaired) electrons. The Balaban J connectivity index is -0.000000197. The van der Waals surface area contributed by atoms with E-state index in [1.165, 1.54) is 34.9 Å². The highest BCUT2D eigenvalue weighted by Gasteiger charge is 2.36. The third-order valence-electron chi connectivity index (χ3n) is 6.49. The van der Waals surface area contributed by atoms with Crippen molar-refractivity contribution in [2.45, 2.75) is 129 Å². The number of thiocarbonyl (C=S) groups is 2. The third kappa shape index (κ3) is 35.7. The fraction of sp³-hybridized carbons (Fsp3) is 0.875. The molecule has 4 unspecified atom stereocenters. The number of halogens is 2. The molecule has 0 saturated carbocycles. The van der Waals surface area contributed by atoms with Crippen LogP contribution < -0.4 is 5.73 Å². The zero-order valence-corrected chi connectivity index (χ0v) is 39.2. The van der Waals surface area contributed by atoms with Gasteiger partial charge in [-0.25, -0.2) is 0 Å². The fourth-order valence-electron chi connectivity index (χ4n) is 2.60. The summed E-state index contributed by atoms with van der Waals surface area (Å²) in [7, 11) is -1.13. The van der Waals surface area contributed by atoms with E-state index >= 15 is 0 Å². The highest BCUT2D eigenvalue weighted by Crippen LogP contribution is 2.58. The van der Waals surface area contributed by atoms with Crippen LogP contribution in [0.15, 0.2) is 0 Å². The van der Waals surface area contributed by atoms with Crippen molar-refractivity contribution < 1.29 is 36.7 Å². The van der Waals surface area contributed by atoms with E-state index in [2.05, 4.69) is 47.2 Å². The van der Waals surface area contributed by atoms with Crippen molar-refractivity contribution >= 4 is 96.7 Å². The van der Waals surface area contributed by atoms with Gasteiger partial charge in [-0.05, 0) is 82.3 Å². The van der Waals surface area contributed by atoms with Crippen LogP contribution in [-0.2, 0) is 36.7 Å². The van der Waals surface area contributed by atoms with Gasteiger partial charge in [0.1, 0.15) is 9.98 Å². The molecule has 0 spiro atoms. The molecule has 0 heterocycles. The summed E-state index contributed by atoms with van der Waals surface area (Å²) < 4.78 is 54.7. The van der Waals surface area contributed by atoms with Gasteiger partial charge in [-0.1, -0.05) is 59.7 Å². The van der Waals surface area contributed by atoms with Crippen molar-refractivity contribution in [3.8, 4) is 12.1 Å². The Morgan fingerprint density at radius 2 is 1.20 bits per heavy atom. The van der Waals surface area contributed by atoms with Crippen LogP contribution in [0, 0.1) is 34.5 Å². The van der Waals surface area contributed by atoms with Gasteiger partial charge in [-0.2, -0.15) is 23.2 Å². The molecule has 0 aliphatic carbocycles. The molecule has 19 heteroatoms. The summed E-state index contributed by atoms with van der Waals surface area (Å²) in [4.78, 5) is -1.06. The molecule has 0 aromatic rings. The van der Waals surface area contributed by atoms with Crippen LogP contribution in [0.3, 0.4) is 0 Å². The number of nitriles is 2. The minimum Gasteiger partial charge on any atom is -0.484 e. The molecule has 4 atom stereocenters. The third-order valence-corrected chi connectivity index (χ3v) is 14.2. The van der Waals surface area contributed by atoms with Crippen molar-refractivity contribution in [1.82, 2.24) is 0 Å². The van der Waals surface area contributed by atoms with E-state index in [4.69, 9.17) is 91.5 Å². The van der Waals surface area contributed by atoms with E-state index in [9.17, 15) is 9.13 Å². The Kier molecular flexibility index (Phi) is 47.5. The van der Waals surface area contributed by atoms with Crippen molar-refractivity contribution in [3.05, 3.63) is 0 Å². The molecule has 0 aliphatic rings. The van der Waals surface area contributed by atoms with E-state index in [0.29, 0.717) is 35.5 Å². The molecule has 0 amide bonds. The first-order valence-electron chi connectivity index (χ1n) is 16.5. The van der Waals surface area contributed by atoms with E-state index in [0.717, 1.165) is 42.6 Å². The summed E-state index contributed by atoms with van der Waals surface area (Å²) in [6.07, 6.45) is 5.89. The Bertz CT molecular complexity index is 1020. The smallest absolute Gasteiger partial charge is 0.343 e.